The van der Waals surface area contributed by atoms with Crippen molar-refractivity contribution in [1.82, 2.24) is 0 Å². The van der Waals surface area contributed by atoms with Crippen molar-refractivity contribution in [2.24, 2.45) is 0 Å². The van der Waals surface area contributed by atoms with E-state index in [1.54, 1.807) is 0 Å². The van der Waals surface area contributed by atoms with Crippen molar-refractivity contribution >= 4 is 18.7 Å². The van der Waals surface area contributed by atoms with E-state index in [-0.39, 0.29) is 16.7 Å². The van der Waals surface area contributed by atoms with Gasteiger partial charge in [-0.15, -0.1) is 0 Å². The van der Waals surface area contributed by atoms with Crippen LogP contribution in [0.5, 0.6) is 0 Å². The number of hydrogen-bond donors (Lipinski definition) is 0. The first kappa shape index (κ1) is 18.0. The predicted molar refractivity (Wildman–Crippen MR) is 110 cm³/mol. The van der Waals surface area contributed by atoms with Gasteiger partial charge < -0.3 is 9.16 Å². The molecular weight excluding hydrogens is 336 g/mol. The molecule has 0 N–H and O–H groups in total. The zero-order chi connectivity index (χ0) is 18.3. The molecule has 0 aromatic heterocycles. The second kappa shape index (κ2) is 6.63. The molecule has 2 fully saturated rings. The van der Waals surface area contributed by atoms with Crippen molar-refractivity contribution in [2.45, 2.75) is 63.2 Å². The van der Waals surface area contributed by atoms with Crippen molar-refractivity contribution in [3.63, 3.8) is 0 Å². The molecule has 0 unspecified atom stereocenters. The summed E-state index contributed by atoms with van der Waals surface area (Å²) in [4.78, 5) is 0. The van der Waals surface area contributed by atoms with Gasteiger partial charge in [-0.3, -0.25) is 0 Å². The van der Waals surface area contributed by atoms with Gasteiger partial charge in [-0.25, -0.2) is 0 Å². The normalized spacial score (nSPS) is 21.9. The highest BCUT2D eigenvalue weighted by Crippen LogP contribution is 2.49. The van der Waals surface area contributed by atoms with Crippen LogP contribution in [-0.4, -0.2) is 26.6 Å². The number of ether oxygens (including phenoxy) is 1. The van der Waals surface area contributed by atoms with E-state index < -0.39 is 8.32 Å². The number of rotatable bonds is 5. The average Bonchev–Trinajstić information content (AvgIpc) is 3.27. The molecule has 0 radical (unpaired) electrons. The average molecular weight is 367 g/mol. The topological polar surface area (TPSA) is 18.5 Å². The quantitative estimate of drug-likeness (QED) is 0.736. The van der Waals surface area contributed by atoms with Crippen LogP contribution in [0.4, 0.5) is 0 Å². The number of hydrogen-bond acceptors (Lipinski definition) is 2. The largest absolute Gasteiger partial charge is 0.405 e. The van der Waals surface area contributed by atoms with Crippen LogP contribution in [0.2, 0.25) is 5.04 Å². The lowest BCUT2D eigenvalue weighted by Gasteiger charge is -2.43. The van der Waals surface area contributed by atoms with Crippen LogP contribution in [-0.2, 0) is 9.16 Å². The molecule has 26 heavy (non-hydrogen) atoms. The maximum absolute atomic E-state index is 6.99. The molecule has 4 rings (SSSR count). The summed E-state index contributed by atoms with van der Waals surface area (Å²) in [7, 11) is -2.42. The predicted octanol–water partition coefficient (Wildman–Crippen LogP) is 4.27. The van der Waals surface area contributed by atoms with E-state index >= 15 is 0 Å². The van der Waals surface area contributed by atoms with Crippen molar-refractivity contribution < 1.29 is 9.16 Å². The van der Waals surface area contributed by atoms with E-state index in [0.29, 0.717) is 6.61 Å². The maximum Gasteiger partial charge on any atom is 0.261 e. The maximum atomic E-state index is 6.99. The highest BCUT2D eigenvalue weighted by atomic mass is 28.4. The Balaban J connectivity index is 1.70. The minimum absolute atomic E-state index is 0.0333. The molecule has 1 spiro atoms. The summed E-state index contributed by atoms with van der Waals surface area (Å²) in [6.45, 7) is 7.69. The minimum atomic E-state index is -2.42. The molecule has 2 aromatic carbocycles. The smallest absolute Gasteiger partial charge is 0.261 e. The van der Waals surface area contributed by atoms with Crippen molar-refractivity contribution in [2.75, 3.05) is 6.61 Å². The van der Waals surface area contributed by atoms with Crippen molar-refractivity contribution in [1.29, 1.82) is 0 Å². The fourth-order valence-electron chi connectivity index (χ4n) is 4.50. The molecule has 3 heteroatoms. The Morgan fingerprint density at radius 3 is 1.88 bits per heavy atom. The van der Waals surface area contributed by atoms with Gasteiger partial charge >= 0.3 is 0 Å². The van der Waals surface area contributed by atoms with Gasteiger partial charge in [0.1, 0.15) is 0 Å². The van der Waals surface area contributed by atoms with Gasteiger partial charge in [-0.05, 0) is 41.1 Å². The van der Waals surface area contributed by atoms with Gasteiger partial charge in [0.25, 0.3) is 8.32 Å². The molecule has 2 aromatic rings. The summed E-state index contributed by atoms with van der Waals surface area (Å²) in [6.07, 6.45) is 5.07. The molecule has 1 saturated heterocycles. The second-order valence-corrected chi connectivity index (χ2v) is 13.2. The standard InChI is InChI=1S/C23H30O2Si/c1-22(2,3)26(20-10-6-4-7-11-20,21-12-8-5-9-13-21)24-18-19-14-15-23(25-19)16-17-23/h4-13,19H,14-18H2,1-3H3/t19-/m0/s1. The van der Waals surface area contributed by atoms with Crippen LogP contribution in [0, 0.1) is 0 Å². The molecule has 0 amide bonds. The lowest BCUT2D eigenvalue weighted by Crippen LogP contribution is -2.67. The Hall–Kier alpha value is -1.42. The van der Waals surface area contributed by atoms with Crippen LogP contribution < -0.4 is 10.4 Å². The zero-order valence-electron chi connectivity index (χ0n) is 16.2. The molecule has 1 heterocycles. The monoisotopic (exact) mass is 366 g/mol. The van der Waals surface area contributed by atoms with E-state index in [9.17, 15) is 0 Å². The molecule has 1 saturated carbocycles. The highest BCUT2D eigenvalue weighted by molar-refractivity contribution is 6.99. The zero-order valence-corrected chi connectivity index (χ0v) is 17.2. The SMILES string of the molecule is CC(C)(C)[Si](OC[C@@H]1CCC2(CC2)O1)(c1ccccc1)c1ccccc1. The molecule has 1 aliphatic carbocycles. The molecule has 1 atom stereocenters. The van der Waals surface area contributed by atoms with Crippen LogP contribution in [0.1, 0.15) is 46.5 Å². The van der Waals surface area contributed by atoms with Crippen molar-refractivity contribution in [3.8, 4) is 0 Å². The first-order valence-electron chi connectivity index (χ1n) is 9.88. The van der Waals surface area contributed by atoms with E-state index in [2.05, 4.69) is 81.4 Å². The minimum Gasteiger partial charge on any atom is -0.405 e. The van der Waals surface area contributed by atoms with E-state index in [4.69, 9.17) is 9.16 Å². The highest BCUT2D eigenvalue weighted by Gasteiger charge is 2.53. The summed E-state index contributed by atoms with van der Waals surface area (Å²) in [5, 5.41) is 2.72. The third-order valence-electron chi connectivity index (χ3n) is 6.05. The summed E-state index contributed by atoms with van der Waals surface area (Å²) < 4.78 is 13.3. The molecule has 1 aliphatic heterocycles. The first-order chi connectivity index (χ1) is 12.5. The van der Waals surface area contributed by atoms with E-state index in [0.717, 1.165) is 6.42 Å². The first-order valence-corrected chi connectivity index (χ1v) is 11.8. The lowest BCUT2D eigenvalue weighted by atomic mass is 10.2. The Bertz CT molecular complexity index is 692. The Labute approximate surface area is 158 Å². The van der Waals surface area contributed by atoms with Crippen molar-refractivity contribution in [3.05, 3.63) is 60.7 Å². The summed E-state index contributed by atoms with van der Waals surface area (Å²) in [5.41, 5.74) is 0.222. The van der Waals surface area contributed by atoms with Crippen LogP contribution in [0.3, 0.4) is 0 Å². The van der Waals surface area contributed by atoms with Crippen LogP contribution in [0.15, 0.2) is 60.7 Å². The summed E-state index contributed by atoms with van der Waals surface area (Å²) >= 11 is 0. The van der Waals surface area contributed by atoms with E-state index in [1.807, 2.05) is 0 Å². The Kier molecular flexibility index (Phi) is 4.58. The van der Waals surface area contributed by atoms with Crippen LogP contribution in [0.25, 0.3) is 0 Å². The van der Waals surface area contributed by atoms with Gasteiger partial charge in [-0.2, -0.15) is 0 Å². The van der Waals surface area contributed by atoms with Gasteiger partial charge in [0.2, 0.25) is 0 Å². The Morgan fingerprint density at radius 2 is 1.46 bits per heavy atom. The molecule has 2 aliphatic rings. The molecule has 138 valence electrons. The third kappa shape index (κ3) is 3.17. The molecular formula is C23H30O2Si. The van der Waals surface area contributed by atoms with Gasteiger partial charge in [0.15, 0.2) is 0 Å². The van der Waals surface area contributed by atoms with Crippen LogP contribution >= 0.6 is 0 Å². The van der Waals surface area contributed by atoms with Gasteiger partial charge in [0, 0.05) is 0 Å². The third-order valence-corrected chi connectivity index (χ3v) is 11.1. The van der Waals surface area contributed by atoms with E-state index in [1.165, 1.54) is 29.6 Å². The molecule has 2 nitrogen and oxygen atoms in total. The fraction of sp³-hybridized carbons (Fsp3) is 0.478. The van der Waals surface area contributed by atoms with Gasteiger partial charge in [0.05, 0.1) is 18.3 Å². The molecule has 0 bridgehead atoms. The summed E-state index contributed by atoms with van der Waals surface area (Å²) in [5.74, 6) is 0. The Morgan fingerprint density at radius 1 is 0.923 bits per heavy atom. The van der Waals surface area contributed by atoms with Gasteiger partial charge in [-0.1, -0.05) is 81.4 Å². The second-order valence-electron chi connectivity index (χ2n) is 8.94. The summed E-state index contributed by atoms with van der Waals surface area (Å²) in [6, 6.07) is 21.7. The number of benzene rings is 2. The fourth-order valence-corrected chi connectivity index (χ4v) is 9.09. The lowest BCUT2D eigenvalue weighted by molar-refractivity contribution is 0.00179.